The molecular formula is C38H32O9. The van der Waals surface area contributed by atoms with Crippen LogP contribution in [0.4, 0.5) is 0 Å². The van der Waals surface area contributed by atoms with Crippen molar-refractivity contribution >= 4 is 23.9 Å². The number of hydrogen-bond acceptors (Lipinski definition) is 9. The van der Waals surface area contributed by atoms with Crippen molar-refractivity contribution in [3.05, 3.63) is 133 Å². The van der Waals surface area contributed by atoms with Crippen LogP contribution in [-0.2, 0) is 23.9 Å². The molecule has 0 saturated heterocycles. The van der Waals surface area contributed by atoms with E-state index in [0.29, 0.717) is 22.4 Å². The molecule has 9 nitrogen and oxygen atoms in total. The summed E-state index contributed by atoms with van der Waals surface area (Å²) in [4.78, 5) is 48.6. The Morgan fingerprint density at radius 3 is 1.64 bits per heavy atom. The van der Waals surface area contributed by atoms with E-state index in [0.717, 1.165) is 6.26 Å². The maximum atomic E-state index is 12.6. The van der Waals surface area contributed by atoms with E-state index in [9.17, 15) is 19.2 Å². The Balaban J connectivity index is 2.02. The minimum Gasteiger partial charge on any atom is -0.462 e. The van der Waals surface area contributed by atoms with E-state index in [2.05, 4.69) is 38.2 Å². The third-order valence-corrected chi connectivity index (χ3v) is 5.89. The lowest BCUT2D eigenvalue weighted by atomic mass is 10.0. The largest absolute Gasteiger partial charge is 0.462 e. The predicted molar refractivity (Wildman–Crippen MR) is 176 cm³/mol. The van der Waals surface area contributed by atoms with Crippen LogP contribution in [0.25, 0.3) is 11.1 Å². The van der Waals surface area contributed by atoms with Crippen molar-refractivity contribution in [2.75, 3.05) is 0 Å². The summed E-state index contributed by atoms with van der Waals surface area (Å²) in [5.41, 5.74) is 2.57. The Labute approximate surface area is 273 Å². The van der Waals surface area contributed by atoms with Crippen molar-refractivity contribution in [1.29, 1.82) is 0 Å². The zero-order chi connectivity index (χ0) is 34.7. The van der Waals surface area contributed by atoms with Crippen LogP contribution in [0.1, 0.15) is 38.8 Å². The van der Waals surface area contributed by atoms with E-state index in [1.54, 1.807) is 48.5 Å². The first kappa shape index (κ1) is 35.1. The second-order valence-electron chi connectivity index (χ2n) is 10.2. The standard InChI is InChI=1S/C38H32O9/c1-23(2)35(39)44-20-19-43-30-15-10-27(11-16-30)9-12-29-21-34(47-38(42)26(7)8)32(22-33(29)46-37(41)25(5)6)28-13-17-31(18-14-28)45-36(40)24(3)4/h10-11,13-22H,1,3,5,7H2,2,4,6,8H3/b20-19+. The van der Waals surface area contributed by atoms with Crippen LogP contribution >= 0.6 is 0 Å². The first-order chi connectivity index (χ1) is 22.2. The van der Waals surface area contributed by atoms with Crippen molar-refractivity contribution < 1.29 is 42.9 Å². The fourth-order valence-electron chi connectivity index (χ4n) is 3.38. The van der Waals surface area contributed by atoms with Crippen molar-refractivity contribution in [3.63, 3.8) is 0 Å². The Morgan fingerprint density at radius 1 is 0.574 bits per heavy atom. The van der Waals surface area contributed by atoms with Crippen LogP contribution in [0, 0.1) is 11.8 Å². The van der Waals surface area contributed by atoms with Crippen LogP contribution in [0.5, 0.6) is 23.0 Å². The third kappa shape index (κ3) is 10.3. The molecule has 3 rings (SSSR count). The zero-order valence-corrected chi connectivity index (χ0v) is 26.4. The lowest BCUT2D eigenvalue weighted by Gasteiger charge is -2.15. The number of ether oxygens (including phenoxy) is 5. The van der Waals surface area contributed by atoms with Gasteiger partial charge in [-0.05, 0) is 75.7 Å². The molecule has 0 aliphatic carbocycles. The van der Waals surface area contributed by atoms with Gasteiger partial charge in [0.25, 0.3) is 0 Å². The SMILES string of the molecule is C=C(C)C(=O)O/C=C/Oc1ccc(C#Cc2cc(OC(=O)C(=C)C)c(-c3ccc(OC(=O)C(=C)C)cc3)cc2OC(=O)C(=C)C)cc1. The predicted octanol–water partition coefficient (Wildman–Crippen LogP) is 7.17. The monoisotopic (exact) mass is 632 g/mol. The minimum absolute atomic E-state index is 0.0859. The van der Waals surface area contributed by atoms with Crippen LogP contribution in [0.15, 0.2) is 122 Å². The van der Waals surface area contributed by atoms with Crippen molar-refractivity contribution in [2.24, 2.45) is 0 Å². The van der Waals surface area contributed by atoms with Gasteiger partial charge in [-0.2, -0.15) is 0 Å². The fraction of sp³-hybridized carbons (Fsp3) is 0.105. The number of esters is 4. The van der Waals surface area contributed by atoms with Gasteiger partial charge in [-0.3, -0.25) is 0 Å². The maximum Gasteiger partial charge on any atom is 0.338 e. The Kier molecular flexibility index (Phi) is 12.0. The molecule has 0 unspecified atom stereocenters. The van der Waals surface area contributed by atoms with Crippen molar-refractivity contribution in [3.8, 4) is 46.0 Å². The molecule has 47 heavy (non-hydrogen) atoms. The van der Waals surface area contributed by atoms with Gasteiger partial charge in [0.15, 0.2) is 0 Å². The summed E-state index contributed by atoms with van der Waals surface area (Å²) in [6.45, 7) is 20.4. The highest BCUT2D eigenvalue weighted by atomic mass is 16.6. The summed E-state index contributed by atoms with van der Waals surface area (Å²) in [5, 5.41) is 0. The normalized spacial score (nSPS) is 10.1. The molecule has 3 aromatic carbocycles. The highest BCUT2D eigenvalue weighted by Crippen LogP contribution is 2.37. The van der Waals surface area contributed by atoms with Gasteiger partial charge in [0.05, 0.1) is 5.56 Å². The molecule has 0 heterocycles. The average Bonchev–Trinajstić information content (AvgIpc) is 3.03. The second kappa shape index (κ2) is 16.1. The highest BCUT2D eigenvalue weighted by Gasteiger charge is 2.19. The van der Waals surface area contributed by atoms with E-state index < -0.39 is 23.9 Å². The molecule has 0 amide bonds. The molecule has 0 radical (unpaired) electrons. The first-order valence-electron chi connectivity index (χ1n) is 14.0. The number of rotatable bonds is 11. The van der Waals surface area contributed by atoms with Gasteiger partial charge < -0.3 is 23.7 Å². The molecule has 0 atom stereocenters. The van der Waals surface area contributed by atoms with Crippen LogP contribution in [0.3, 0.4) is 0 Å². The Bertz CT molecular complexity index is 1860. The van der Waals surface area contributed by atoms with Crippen LogP contribution in [0.2, 0.25) is 0 Å². The Hall–Kier alpha value is -6.40. The molecule has 0 aliphatic heterocycles. The van der Waals surface area contributed by atoms with Crippen LogP contribution < -0.4 is 18.9 Å². The first-order valence-corrected chi connectivity index (χ1v) is 14.0. The van der Waals surface area contributed by atoms with Crippen molar-refractivity contribution in [1.82, 2.24) is 0 Å². The van der Waals surface area contributed by atoms with E-state index in [-0.39, 0.29) is 45.1 Å². The molecule has 0 aliphatic rings. The Morgan fingerprint density at radius 2 is 1.09 bits per heavy atom. The third-order valence-electron chi connectivity index (χ3n) is 5.89. The molecule has 0 aromatic heterocycles. The van der Waals surface area contributed by atoms with E-state index >= 15 is 0 Å². The number of benzene rings is 3. The molecule has 0 saturated carbocycles. The number of carbonyl (C=O) groups is 4. The molecular weight excluding hydrogens is 600 g/mol. The summed E-state index contributed by atoms with van der Waals surface area (Å²) in [5.74, 6) is 4.38. The van der Waals surface area contributed by atoms with Gasteiger partial charge in [-0.15, -0.1) is 0 Å². The number of hydrogen-bond donors (Lipinski definition) is 0. The molecule has 9 heteroatoms. The van der Waals surface area contributed by atoms with Gasteiger partial charge in [-0.1, -0.05) is 50.3 Å². The lowest BCUT2D eigenvalue weighted by molar-refractivity contribution is -0.134. The topological polar surface area (TPSA) is 114 Å². The molecule has 0 spiro atoms. The van der Waals surface area contributed by atoms with Gasteiger partial charge in [-0.25, -0.2) is 19.2 Å². The summed E-state index contributed by atoms with van der Waals surface area (Å²) in [6.07, 6.45) is 2.31. The fourth-order valence-corrected chi connectivity index (χ4v) is 3.38. The van der Waals surface area contributed by atoms with Gasteiger partial charge in [0.1, 0.15) is 35.5 Å². The second-order valence-corrected chi connectivity index (χ2v) is 10.2. The lowest BCUT2D eigenvalue weighted by Crippen LogP contribution is -2.12. The highest BCUT2D eigenvalue weighted by molar-refractivity contribution is 5.92. The summed E-state index contributed by atoms with van der Waals surface area (Å²) in [6, 6.07) is 16.1. The molecule has 238 valence electrons. The zero-order valence-electron chi connectivity index (χ0n) is 26.4. The minimum atomic E-state index is -0.684. The van der Waals surface area contributed by atoms with Gasteiger partial charge >= 0.3 is 23.9 Å². The average molecular weight is 633 g/mol. The van der Waals surface area contributed by atoms with Crippen molar-refractivity contribution in [2.45, 2.75) is 27.7 Å². The maximum absolute atomic E-state index is 12.6. The van der Waals surface area contributed by atoms with Gasteiger partial charge in [0, 0.05) is 39.5 Å². The van der Waals surface area contributed by atoms with Gasteiger partial charge in [0.2, 0.25) is 0 Å². The summed E-state index contributed by atoms with van der Waals surface area (Å²) >= 11 is 0. The summed E-state index contributed by atoms with van der Waals surface area (Å²) in [7, 11) is 0. The quantitative estimate of drug-likeness (QED) is 0.0714. The van der Waals surface area contributed by atoms with E-state index in [1.165, 1.54) is 46.1 Å². The molecule has 3 aromatic rings. The molecule has 0 N–H and O–H groups in total. The van der Waals surface area contributed by atoms with E-state index in [4.69, 9.17) is 23.7 Å². The number of carbonyl (C=O) groups excluding carboxylic acids is 4. The molecule has 0 bridgehead atoms. The molecule has 0 fully saturated rings. The van der Waals surface area contributed by atoms with E-state index in [1.807, 2.05) is 0 Å². The smallest absolute Gasteiger partial charge is 0.338 e. The summed E-state index contributed by atoms with van der Waals surface area (Å²) < 4.78 is 26.8. The van der Waals surface area contributed by atoms with Crippen LogP contribution in [-0.4, -0.2) is 23.9 Å².